The number of carbonyl (C=O) groups is 1. The maximum atomic E-state index is 10.7. The van der Waals surface area contributed by atoms with Crippen LogP contribution in [0.15, 0.2) is 0 Å². The standard InChI is InChI=1S/C19H33NO2S3/c1-3-4-5-6-7-8-9-10-11-12-15-24-18(23)25-19(2,16-20)14-13-17(21)22/h3-15H2,1-2H3,(H,21,22)/t19-/m0/s1. The third-order valence-corrected chi connectivity index (χ3v) is 6.93. The molecule has 0 aliphatic heterocycles. The first kappa shape index (κ1) is 24.8. The zero-order valence-electron chi connectivity index (χ0n) is 15.7. The molecule has 6 heteroatoms. The predicted octanol–water partition coefficient (Wildman–Crippen LogP) is 6.81. The van der Waals surface area contributed by atoms with E-state index in [2.05, 4.69) is 13.0 Å². The molecule has 0 rings (SSSR count). The van der Waals surface area contributed by atoms with Crippen molar-refractivity contribution >= 4 is 45.2 Å². The first-order chi connectivity index (χ1) is 11.9. The van der Waals surface area contributed by atoms with Gasteiger partial charge in [-0.2, -0.15) is 5.26 Å². The van der Waals surface area contributed by atoms with E-state index < -0.39 is 10.7 Å². The van der Waals surface area contributed by atoms with Crippen molar-refractivity contribution in [3.8, 4) is 6.07 Å². The summed E-state index contributed by atoms with van der Waals surface area (Å²) in [6.45, 7) is 4.02. The molecule has 0 heterocycles. The van der Waals surface area contributed by atoms with Crippen LogP contribution in [0.25, 0.3) is 0 Å². The predicted molar refractivity (Wildman–Crippen MR) is 115 cm³/mol. The number of carboxylic acids is 1. The van der Waals surface area contributed by atoms with E-state index in [0.717, 1.165) is 15.7 Å². The van der Waals surface area contributed by atoms with Crippen LogP contribution in [0.3, 0.4) is 0 Å². The minimum atomic E-state index is -0.869. The molecule has 0 aromatic rings. The van der Waals surface area contributed by atoms with Crippen molar-refractivity contribution in [3.63, 3.8) is 0 Å². The Morgan fingerprint density at radius 3 is 2.08 bits per heavy atom. The first-order valence-electron chi connectivity index (χ1n) is 9.42. The molecule has 0 aliphatic carbocycles. The van der Waals surface area contributed by atoms with Gasteiger partial charge in [-0.05, 0) is 25.5 Å². The zero-order chi connectivity index (χ0) is 19.0. The van der Waals surface area contributed by atoms with Gasteiger partial charge in [0.2, 0.25) is 0 Å². The zero-order valence-corrected chi connectivity index (χ0v) is 18.2. The molecule has 0 amide bonds. The monoisotopic (exact) mass is 403 g/mol. The summed E-state index contributed by atoms with van der Waals surface area (Å²) in [4.78, 5) is 10.7. The van der Waals surface area contributed by atoms with Gasteiger partial charge in [-0.3, -0.25) is 4.79 Å². The number of carboxylic acid groups (broad SMARTS) is 1. The fourth-order valence-electron chi connectivity index (χ4n) is 2.43. The molecule has 0 aromatic heterocycles. The second-order valence-corrected chi connectivity index (χ2v) is 10.4. The van der Waals surface area contributed by atoms with E-state index in [0.29, 0.717) is 6.42 Å². The number of unbranched alkanes of at least 4 members (excludes halogenated alkanes) is 9. The lowest BCUT2D eigenvalue weighted by Gasteiger charge is -2.19. The molecule has 0 fully saturated rings. The highest BCUT2D eigenvalue weighted by Gasteiger charge is 2.27. The van der Waals surface area contributed by atoms with Crippen molar-refractivity contribution in [1.82, 2.24) is 0 Å². The van der Waals surface area contributed by atoms with E-state index in [1.165, 1.54) is 69.5 Å². The van der Waals surface area contributed by atoms with Crippen molar-refractivity contribution in [2.75, 3.05) is 5.75 Å². The molecular formula is C19H33NO2S3. The first-order valence-corrected chi connectivity index (χ1v) is 11.6. The van der Waals surface area contributed by atoms with Crippen molar-refractivity contribution in [2.45, 2.75) is 95.6 Å². The lowest BCUT2D eigenvalue weighted by molar-refractivity contribution is -0.137. The van der Waals surface area contributed by atoms with Crippen LogP contribution in [0, 0.1) is 11.3 Å². The summed E-state index contributed by atoms with van der Waals surface area (Å²) in [6, 6.07) is 2.21. The van der Waals surface area contributed by atoms with Gasteiger partial charge in [-0.25, -0.2) is 0 Å². The Morgan fingerprint density at radius 2 is 1.60 bits per heavy atom. The van der Waals surface area contributed by atoms with Gasteiger partial charge < -0.3 is 5.11 Å². The molecule has 0 radical (unpaired) electrons. The molecule has 0 saturated carbocycles. The highest BCUT2D eigenvalue weighted by molar-refractivity contribution is 8.47. The molecule has 0 spiro atoms. The summed E-state index contributed by atoms with van der Waals surface area (Å²) < 4.78 is 0.0191. The third kappa shape index (κ3) is 15.7. The van der Waals surface area contributed by atoms with Crippen LogP contribution >= 0.6 is 35.7 Å². The minimum Gasteiger partial charge on any atom is -0.481 e. The van der Waals surface area contributed by atoms with Gasteiger partial charge in [0.25, 0.3) is 0 Å². The van der Waals surface area contributed by atoms with Gasteiger partial charge in [-0.15, -0.1) is 11.8 Å². The Balaban J connectivity index is 3.63. The maximum absolute atomic E-state index is 10.7. The largest absolute Gasteiger partial charge is 0.481 e. The Hall–Kier alpha value is -0.250. The topological polar surface area (TPSA) is 61.1 Å². The second kappa shape index (κ2) is 16.0. The van der Waals surface area contributed by atoms with Gasteiger partial charge in [0.05, 0.1) is 6.07 Å². The molecule has 0 aromatic carbocycles. The Bertz CT molecular complexity index is 423. The van der Waals surface area contributed by atoms with E-state index in [-0.39, 0.29) is 6.42 Å². The van der Waals surface area contributed by atoms with Crippen LogP contribution in [0.5, 0.6) is 0 Å². The summed E-state index contributed by atoms with van der Waals surface area (Å²) in [5.41, 5.74) is 0. The van der Waals surface area contributed by atoms with Gasteiger partial charge in [0.15, 0.2) is 0 Å². The molecule has 1 N–H and O–H groups in total. The smallest absolute Gasteiger partial charge is 0.303 e. The molecule has 0 bridgehead atoms. The summed E-state index contributed by atoms with van der Waals surface area (Å²) >= 11 is 8.31. The average Bonchev–Trinajstić information content (AvgIpc) is 2.58. The molecule has 25 heavy (non-hydrogen) atoms. The van der Waals surface area contributed by atoms with Crippen molar-refractivity contribution in [3.05, 3.63) is 0 Å². The lowest BCUT2D eigenvalue weighted by atomic mass is 10.1. The van der Waals surface area contributed by atoms with E-state index in [9.17, 15) is 10.1 Å². The highest BCUT2D eigenvalue weighted by Crippen LogP contribution is 2.34. The number of thioether (sulfide) groups is 2. The fraction of sp³-hybridized carbons (Fsp3) is 0.842. The van der Waals surface area contributed by atoms with Gasteiger partial charge in [-0.1, -0.05) is 88.7 Å². The van der Waals surface area contributed by atoms with E-state index in [1.54, 1.807) is 18.7 Å². The van der Waals surface area contributed by atoms with Crippen LogP contribution in [0.2, 0.25) is 0 Å². The number of nitriles is 1. The van der Waals surface area contributed by atoms with Gasteiger partial charge >= 0.3 is 5.97 Å². The van der Waals surface area contributed by atoms with E-state index in [4.69, 9.17) is 17.3 Å². The van der Waals surface area contributed by atoms with Gasteiger partial charge in [0.1, 0.15) is 8.28 Å². The molecule has 144 valence electrons. The van der Waals surface area contributed by atoms with Crippen LogP contribution in [-0.2, 0) is 4.79 Å². The summed E-state index contributed by atoms with van der Waals surface area (Å²) in [5.74, 6) is 0.119. The van der Waals surface area contributed by atoms with Crippen LogP contribution < -0.4 is 0 Å². The normalized spacial score (nSPS) is 13.2. The quantitative estimate of drug-likeness (QED) is 0.239. The SMILES string of the molecule is CCCCCCCCCCCCSC(=S)S[C@](C)(C#N)CCC(=O)O. The third-order valence-electron chi connectivity index (χ3n) is 4.08. The molecule has 3 nitrogen and oxygen atoms in total. The molecule has 0 saturated heterocycles. The Labute approximate surface area is 167 Å². The van der Waals surface area contributed by atoms with Crippen molar-refractivity contribution in [1.29, 1.82) is 5.26 Å². The molecule has 0 aliphatic rings. The number of rotatable bonds is 15. The Kier molecular flexibility index (Phi) is 15.8. The highest BCUT2D eigenvalue weighted by atomic mass is 32.2. The minimum absolute atomic E-state index is 0.00276. The maximum Gasteiger partial charge on any atom is 0.303 e. The Morgan fingerprint density at radius 1 is 1.08 bits per heavy atom. The fourth-order valence-corrected chi connectivity index (χ4v) is 5.41. The number of nitrogens with zero attached hydrogens (tertiary/aromatic N) is 1. The second-order valence-electron chi connectivity index (χ2n) is 6.62. The summed E-state index contributed by atoms with van der Waals surface area (Å²) in [5, 5.41) is 18.0. The van der Waals surface area contributed by atoms with Crippen molar-refractivity contribution in [2.24, 2.45) is 0 Å². The summed E-state index contributed by atoms with van der Waals surface area (Å²) in [6.07, 6.45) is 13.5. The van der Waals surface area contributed by atoms with Crippen LogP contribution in [0.4, 0.5) is 0 Å². The molecule has 1 atom stereocenters. The van der Waals surface area contributed by atoms with Gasteiger partial charge in [0, 0.05) is 6.42 Å². The van der Waals surface area contributed by atoms with Crippen LogP contribution in [0.1, 0.15) is 90.9 Å². The summed E-state index contributed by atoms with van der Waals surface area (Å²) in [7, 11) is 0. The lowest BCUT2D eigenvalue weighted by Crippen LogP contribution is -2.20. The number of thiocarbonyl (C=S) groups is 1. The molecular weight excluding hydrogens is 370 g/mol. The number of aliphatic carboxylic acids is 1. The number of hydrogen-bond donors (Lipinski definition) is 1. The number of hydrogen-bond acceptors (Lipinski definition) is 5. The van der Waals surface area contributed by atoms with E-state index >= 15 is 0 Å². The average molecular weight is 404 g/mol. The van der Waals surface area contributed by atoms with Crippen molar-refractivity contribution < 1.29 is 9.90 Å². The van der Waals surface area contributed by atoms with Crippen LogP contribution in [-0.4, -0.2) is 25.1 Å². The van der Waals surface area contributed by atoms with E-state index in [1.807, 2.05) is 0 Å². The molecule has 0 unspecified atom stereocenters.